The van der Waals surface area contributed by atoms with Gasteiger partial charge in [-0.25, -0.2) is 0 Å². The second-order valence-electron chi connectivity index (χ2n) is 4.46. The van der Waals surface area contributed by atoms with Crippen molar-refractivity contribution in [1.29, 1.82) is 0 Å². The number of amides is 1. The van der Waals surface area contributed by atoms with Gasteiger partial charge in [0.1, 0.15) is 5.75 Å². The lowest BCUT2D eigenvalue weighted by molar-refractivity contribution is -0.123. The number of aromatic nitrogens is 2. The van der Waals surface area contributed by atoms with Crippen molar-refractivity contribution >= 4 is 5.91 Å². The van der Waals surface area contributed by atoms with Crippen LogP contribution < -0.4 is 15.8 Å². The topological polar surface area (TPSA) is 93.0 Å². The van der Waals surface area contributed by atoms with Gasteiger partial charge in [0.2, 0.25) is 0 Å². The molecule has 1 aromatic heterocycles. The van der Waals surface area contributed by atoms with Crippen molar-refractivity contribution in [3.8, 4) is 5.75 Å². The van der Waals surface area contributed by atoms with E-state index in [-0.39, 0.29) is 18.6 Å². The molecular weight excluding hydrogens is 256 g/mol. The smallest absolute Gasteiger partial charge is 0.258 e. The van der Waals surface area contributed by atoms with Crippen LogP contribution in [0.2, 0.25) is 0 Å². The summed E-state index contributed by atoms with van der Waals surface area (Å²) in [6.45, 7) is 2.35. The molecule has 0 aliphatic carbocycles. The second kappa shape index (κ2) is 6.72. The molecule has 0 fully saturated rings. The normalized spacial score (nSPS) is 11.9. The fourth-order valence-electron chi connectivity index (χ4n) is 1.73. The van der Waals surface area contributed by atoms with Crippen LogP contribution in [0.4, 0.5) is 0 Å². The highest BCUT2D eigenvalue weighted by molar-refractivity contribution is 5.77. The summed E-state index contributed by atoms with van der Waals surface area (Å²) in [5.74, 6) is 0.468. The minimum Gasteiger partial charge on any atom is -0.484 e. The number of rotatable bonds is 6. The Balaban J connectivity index is 1.79. The molecule has 0 radical (unpaired) electrons. The van der Waals surface area contributed by atoms with Crippen LogP contribution in [0.3, 0.4) is 0 Å². The average Bonchev–Trinajstić information content (AvgIpc) is 3.00. The highest BCUT2D eigenvalue weighted by atomic mass is 16.5. The number of H-pyrrole nitrogens is 1. The van der Waals surface area contributed by atoms with Gasteiger partial charge < -0.3 is 15.8 Å². The zero-order chi connectivity index (χ0) is 14.4. The molecule has 6 heteroatoms. The number of aromatic amines is 1. The van der Waals surface area contributed by atoms with Crippen LogP contribution in [0.1, 0.15) is 24.1 Å². The molecule has 1 unspecified atom stereocenters. The van der Waals surface area contributed by atoms with Gasteiger partial charge >= 0.3 is 0 Å². The molecule has 0 spiro atoms. The zero-order valence-corrected chi connectivity index (χ0v) is 11.3. The van der Waals surface area contributed by atoms with Gasteiger partial charge in [-0.05, 0) is 24.6 Å². The van der Waals surface area contributed by atoms with Gasteiger partial charge in [0.25, 0.3) is 5.91 Å². The highest BCUT2D eigenvalue weighted by Gasteiger charge is 2.10. The fraction of sp³-hybridized carbons (Fsp3) is 0.286. The molecular formula is C14H18N4O2. The monoisotopic (exact) mass is 274 g/mol. The minimum atomic E-state index is -0.179. The molecule has 2 rings (SSSR count). The van der Waals surface area contributed by atoms with E-state index >= 15 is 0 Å². The predicted molar refractivity (Wildman–Crippen MR) is 75.0 cm³/mol. The van der Waals surface area contributed by atoms with E-state index in [1.165, 1.54) is 0 Å². The number of nitrogens with zero attached hydrogens (tertiary/aromatic N) is 1. The van der Waals surface area contributed by atoms with Gasteiger partial charge in [0.05, 0.1) is 12.2 Å². The van der Waals surface area contributed by atoms with Gasteiger partial charge in [-0.2, -0.15) is 5.10 Å². The lowest BCUT2D eigenvalue weighted by atomic mass is 10.2. The molecule has 0 aliphatic rings. The molecule has 0 bridgehead atoms. The largest absolute Gasteiger partial charge is 0.484 e. The summed E-state index contributed by atoms with van der Waals surface area (Å²) in [6.07, 6.45) is 3.43. The first-order valence-electron chi connectivity index (χ1n) is 6.39. The van der Waals surface area contributed by atoms with Gasteiger partial charge in [-0.15, -0.1) is 0 Å². The number of benzene rings is 1. The van der Waals surface area contributed by atoms with E-state index in [0.29, 0.717) is 12.3 Å². The Labute approximate surface area is 117 Å². The number of hydrogen-bond acceptors (Lipinski definition) is 4. The van der Waals surface area contributed by atoms with E-state index in [0.717, 1.165) is 11.1 Å². The van der Waals surface area contributed by atoms with Crippen molar-refractivity contribution in [2.24, 2.45) is 5.73 Å². The summed E-state index contributed by atoms with van der Waals surface area (Å²) in [5.41, 5.74) is 7.46. The van der Waals surface area contributed by atoms with E-state index in [9.17, 15) is 4.79 Å². The second-order valence-corrected chi connectivity index (χ2v) is 4.46. The molecule has 6 nitrogen and oxygen atoms in total. The SMILES string of the molecule is CC(NC(=O)COc1ccc(CN)cc1)c1cn[nH]c1. The number of ether oxygens (including phenoxy) is 1. The molecule has 1 atom stereocenters. The lowest BCUT2D eigenvalue weighted by Crippen LogP contribution is -2.31. The Hall–Kier alpha value is -2.34. The summed E-state index contributed by atoms with van der Waals surface area (Å²) in [7, 11) is 0. The number of hydrogen-bond donors (Lipinski definition) is 3. The van der Waals surface area contributed by atoms with Crippen molar-refractivity contribution in [3.63, 3.8) is 0 Å². The van der Waals surface area contributed by atoms with E-state index < -0.39 is 0 Å². The number of carbonyl (C=O) groups is 1. The summed E-state index contributed by atoms with van der Waals surface area (Å²) < 4.78 is 5.41. The molecule has 20 heavy (non-hydrogen) atoms. The molecule has 4 N–H and O–H groups in total. The van der Waals surface area contributed by atoms with Crippen LogP contribution in [0, 0.1) is 0 Å². The van der Waals surface area contributed by atoms with Crippen LogP contribution in [-0.4, -0.2) is 22.7 Å². The van der Waals surface area contributed by atoms with Crippen LogP contribution in [-0.2, 0) is 11.3 Å². The standard InChI is InChI=1S/C14H18N4O2/c1-10(12-7-16-17-8-12)18-14(19)9-20-13-4-2-11(6-15)3-5-13/h2-5,7-8,10H,6,9,15H2,1H3,(H,16,17)(H,18,19). The van der Waals surface area contributed by atoms with E-state index in [1.54, 1.807) is 24.5 Å². The van der Waals surface area contributed by atoms with Crippen molar-refractivity contribution in [2.45, 2.75) is 19.5 Å². The Morgan fingerprint density at radius 1 is 1.45 bits per heavy atom. The molecule has 1 aromatic carbocycles. The van der Waals surface area contributed by atoms with Crippen LogP contribution >= 0.6 is 0 Å². The molecule has 2 aromatic rings. The molecule has 0 saturated carbocycles. The number of nitrogens with one attached hydrogen (secondary N) is 2. The Morgan fingerprint density at radius 3 is 2.80 bits per heavy atom. The maximum Gasteiger partial charge on any atom is 0.258 e. The molecule has 1 amide bonds. The van der Waals surface area contributed by atoms with Gasteiger partial charge in [-0.3, -0.25) is 9.89 Å². The minimum absolute atomic E-state index is 0.0236. The molecule has 106 valence electrons. The van der Waals surface area contributed by atoms with Gasteiger partial charge in [0, 0.05) is 18.3 Å². The van der Waals surface area contributed by atoms with Crippen LogP contribution in [0.5, 0.6) is 5.75 Å². The van der Waals surface area contributed by atoms with E-state index in [2.05, 4.69) is 15.5 Å². The first-order chi connectivity index (χ1) is 9.69. The van der Waals surface area contributed by atoms with Crippen LogP contribution in [0.25, 0.3) is 0 Å². The fourth-order valence-corrected chi connectivity index (χ4v) is 1.73. The van der Waals surface area contributed by atoms with Crippen molar-refractivity contribution in [1.82, 2.24) is 15.5 Å². The highest BCUT2D eigenvalue weighted by Crippen LogP contribution is 2.12. The average molecular weight is 274 g/mol. The third kappa shape index (κ3) is 3.83. The summed E-state index contributed by atoms with van der Waals surface area (Å²) in [6, 6.07) is 7.25. The van der Waals surface area contributed by atoms with E-state index in [4.69, 9.17) is 10.5 Å². The van der Waals surface area contributed by atoms with Crippen molar-refractivity contribution < 1.29 is 9.53 Å². The predicted octanol–water partition coefficient (Wildman–Crippen LogP) is 1.12. The molecule has 1 heterocycles. The quantitative estimate of drug-likeness (QED) is 0.736. The summed E-state index contributed by atoms with van der Waals surface area (Å²) in [4.78, 5) is 11.8. The third-order valence-electron chi connectivity index (χ3n) is 2.93. The maximum atomic E-state index is 11.8. The van der Waals surface area contributed by atoms with Crippen molar-refractivity contribution in [2.75, 3.05) is 6.61 Å². The number of nitrogens with two attached hydrogens (primary N) is 1. The summed E-state index contributed by atoms with van der Waals surface area (Å²) >= 11 is 0. The third-order valence-corrected chi connectivity index (χ3v) is 2.93. The van der Waals surface area contributed by atoms with Gasteiger partial charge in [0.15, 0.2) is 6.61 Å². The zero-order valence-electron chi connectivity index (χ0n) is 11.3. The molecule has 0 saturated heterocycles. The first kappa shape index (κ1) is 14.1. The lowest BCUT2D eigenvalue weighted by Gasteiger charge is -2.12. The first-order valence-corrected chi connectivity index (χ1v) is 6.39. The maximum absolute atomic E-state index is 11.8. The van der Waals surface area contributed by atoms with Crippen LogP contribution in [0.15, 0.2) is 36.7 Å². The van der Waals surface area contributed by atoms with Gasteiger partial charge in [-0.1, -0.05) is 12.1 Å². The van der Waals surface area contributed by atoms with Crippen molar-refractivity contribution in [3.05, 3.63) is 47.8 Å². The van der Waals surface area contributed by atoms with E-state index in [1.807, 2.05) is 19.1 Å². The Morgan fingerprint density at radius 2 is 2.20 bits per heavy atom. The Bertz CT molecular complexity index is 537. The summed E-state index contributed by atoms with van der Waals surface area (Å²) in [5, 5.41) is 9.38. The Kier molecular flexibility index (Phi) is 4.73. The molecule has 0 aliphatic heterocycles. The number of carbonyl (C=O) groups excluding carboxylic acids is 1.